The Morgan fingerprint density at radius 1 is 1.33 bits per heavy atom. The van der Waals surface area contributed by atoms with Crippen LogP contribution >= 0.6 is 26.6 Å². The lowest BCUT2D eigenvalue weighted by atomic mass is 10.2. The van der Waals surface area contributed by atoms with Crippen molar-refractivity contribution in [2.24, 2.45) is 0 Å². The van der Waals surface area contributed by atoms with Crippen LogP contribution < -0.4 is 0 Å². The van der Waals surface area contributed by atoms with Crippen LogP contribution in [-0.2, 0) is 15.2 Å². The van der Waals surface area contributed by atoms with Crippen LogP contribution in [0.15, 0.2) is 21.5 Å². The quantitative estimate of drug-likeness (QED) is 0.456. The normalized spacial score (nSPS) is 12.5. The summed E-state index contributed by atoms with van der Waals surface area (Å²) < 4.78 is 58.5. The molecule has 0 aliphatic rings. The summed E-state index contributed by atoms with van der Waals surface area (Å²) in [6.07, 6.45) is -4.86. The summed E-state index contributed by atoms with van der Waals surface area (Å²) in [6, 6.07) is 0.834. The third-order valence-corrected chi connectivity index (χ3v) is 3.99. The Labute approximate surface area is 111 Å². The summed E-state index contributed by atoms with van der Waals surface area (Å²) in [5.74, 6) is 0. The molecule has 18 heavy (non-hydrogen) atoms. The molecule has 100 valence electrons. The van der Waals surface area contributed by atoms with Crippen molar-refractivity contribution in [3.05, 3.63) is 32.3 Å². The molecular weight excluding hydrogens is 366 g/mol. The zero-order valence-electron chi connectivity index (χ0n) is 8.03. The van der Waals surface area contributed by atoms with Crippen molar-refractivity contribution < 1.29 is 26.5 Å². The van der Waals surface area contributed by atoms with E-state index in [-0.39, 0.29) is 0 Å². The Hall–Kier alpha value is -0.870. The van der Waals surface area contributed by atoms with Gasteiger partial charge in [-0.05, 0) is 28.1 Å². The molecule has 0 atom stereocenters. The number of alkyl halides is 3. The van der Waals surface area contributed by atoms with E-state index in [0.717, 1.165) is 0 Å². The maximum absolute atomic E-state index is 12.5. The average molecular weight is 369 g/mol. The first-order valence-electron chi connectivity index (χ1n) is 3.95. The molecule has 0 aliphatic heterocycles. The Morgan fingerprint density at radius 2 is 1.83 bits per heavy atom. The van der Waals surface area contributed by atoms with Crippen molar-refractivity contribution in [3.63, 3.8) is 0 Å². The number of nitrogens with zero attached hydrogens (tertiary/aromatic N) is 1. The van der Waals surface area contributed by atoms with Crippen molar-refractivity contribution in [3.8, 4) is 0 Å². The van der Waals surface area contributed by atoms with Crippen LogP contribution in [0, 0.1) is 10.1 Å². The molecule has 1 aromatic rings. The first kappa shape index (κ1) is 15.2. The van der Waals surface area contributed by atoms with Gasteiger partial charge in [-0.2, -0.15) is 13.2 Å². The topological polar surface area (TPSA) is 77.3 Å². The second-order valence-corrected chi connectivity index (χ2v) is 6.29. The van der Waals surface area contributed by atoms with E-state index in [0.29, 0.717) is 12.1 Å². The van der Waals surface area contributed by atoms with Gasteiger partial charge in [0.25, 0.3) is 9.05 Å². The summed E-state index contributed by atoms with van der Waals surface area (Å²) in [4.78, 5) is 8.39. The second kappa shape index (κ2) is 4.67. The molecule has 1 aromatic carbocycles. The third-order valence-electron chi connectivity index (χ3n) is 1.83. The van der Waals surface area contributed by atoms with Gasteiger partial charge in [-0.15, -0.1) is 0 Å². The van der Waals surface area contributed by atoms with E-state index in [1.807, 2.05) is 0 Å². The summed E-state index contributed by atoms with van der Waals surface area (Å²) in [6.45, 7) is 0. The number of halogens is 5. The lowest BCUT2D eigenvalue weighted by molar-refractivity contribution is -0.388. The summed E-state index contributed by atoms with van der Waals surface area (Å²) in [7, 11) is 0.382. The van der Waals surface area contributed by atoms with Crippen molar-refractivity contribution in [1.82, 2.24) is 0 Å². The van der Waals surface area contributed by atoms with Crippen LogP contribution in [-0.4, -0.2) is 13.3 Å². The summed E-state index contributed by atoms with van der Waals surface area (Å²) in [5, 5.41) is 10.7. The van der Waals surface area contributed by atoms with Crippen molar-refractivity contribution in [2.45, 2.75) is 11.1 Å². The van der Waals surface area contributed by atoms with E-state index in [1.165, 1.54) is 0 Å². The SMILES string of the molecule is O=[N+]([O-])c1c(S(=O)(=O)Cl)ccc(C(F)(F)F)c1Br. The molecule has 0 saturated carbocycles. The van der Waals surface area contributed by atoms with Crippen LogP contribution in [0.3, 0.4) is 0 Å². The molecule has 0 unspecified atom stereocenters. The highest BCUT2D eigenvalue weighted by molar-refractivity contribution is 9.10. The molecule has 11 heteroatoms. The van der Waals surface area contributed by atoms with Gasteiger partial charge < -0.3 is 0 Å². The van der Waals surface area contributed by atoms with Crippen LogP contribution in [0.5, 0.6) is 0 Å². The molecule has 0 fully saturated rings. The highest BCUT2D eigenvalue weighted by Gasteiger charge is 2.39. The molecule has 0 heterocycles. The van der Waals surface area contributed by atoms with Gasteiger partial charge in [0.2, 0.25) is 0 Å². The molecule has 0 spiro atoms. The molecule has 0 saturated heterocycles. The zero-order valence-corrected chi connectivity index (χ0v) is 11.2. The first-order valence-corrected chi connectivity index (χ1v) is 7.05. The van der Waals surface area contributed by atoms with Crippen LogP contribution in [0.25, 0.3) is 0 Å². The van der Waals surface area contributed by atoms with E-state index in [2.05, 4.69) is 15.9 Å². The second-order valence-electron chi connectivity index (χ2n) is 2.97. The predicted molar refractivity (Wildman–Crippen MR) is 58.8 cm³/mol. The maximum atomic E-state index is 12.5. The Balaban J connectivity index is 3.75. The van der Waals surface area contributed by atoms with Crippen LogP contribution in [0.1, 0.15) is 5.56 Å². The molecule has 5 nitrogen and oxygen atoms in total. The average Bonchev–Trinajstić information content (AvgIpc) is 2.12. The van der Waals surface area contributed by atoms with E-state index in [4.69, 9.17) is 10.7 Å². The smallest absolute Gasteiger partial charge is 0.258 e. The molecule has 1 rings (SSSR count). The number of benzene rings is 1. The van der Waals surface area contributed by atoms with Crippen molar-refractivity contribution in [2.75, 3.05) is 0 Å². The van der Waals surface area contributed by atoms with Gasteiger partial charge in [0, 0.05) is 10.7 Å². The van der Waals surface area contributed by atoms with E-state index >= 15 is 0 Å². The minimum atomic E-state index is -4.86. The Kier molecular flexibility index (Phi) is 3.94. The lowest BCUT2D eigenvalue weighted by Crippen LogP contribution is -2.09. The van der Waals surface area contributed by atoms with E-state index in [1.54, 1.807) is 0 Å². The minimum Gasteiger partial charge on any atom is -0.258 e. The molecule has 0 N–H and O–H groups in total. The third kappa shape index (κ3) is 2.93. The van der Waals surface area contributed by atoms with Gasteiger partial charge in [0.1, 0.15) is 4.47 Å². The van der Waals surface area contributed by atoms with Crippen molar-refractivity contribution in [1.29, 1.82) is 0 Å². The monoisotopic (exact) mass is 367 g/mol. The van der Waals surface area contributed by atoms with Gasteiger partial charge in [-0.1, -0.05) is 0 Å². The van der Waals surface area contributed by atoms with Gasteiger partial charge in [0.05, 0.1) is 10.5 Å². The largest absolute Gasteiger partial charge is 0.417 e. The fourth-order valence-electron chi connectivity index (χ4n) is 1.13. The highest BCUT2D eigenvalue weighted by Crippen LogP contribution is 2.42. The van der Waals surface area contributed by atoms with Crippen LogP contribution in [0.4, 0.5) is 18.9 Å². The number of nitro benzene ring substituents is 1. The minimum absolute atomic E-state index is 0.395. The number of rotatable bonds is 2. The molecule has 0 aromatic heterocycles. The molecule has 0 aliphatic carbocycles. The van der Waals surface area contributed by atoms with Crippen LogP contribution in [0.2, 0.25) is 0 Å². The molecule has 0 bridgehead atoms. The molecule has 0 amide bonds. The Bertz CT molecular complexity index is 616. The van der Waals surface area contributed by atoms with Gasteiger partial charge in [0.15, 0.2) is 4.90 Å². The number of nitro groups is 1. The fraction of sp³-hybridized carbons (Fsp3) is 0.143. The number of hydrogen-bond donors (Lipinski definition) is 0. The predicted octanol–water partition coefficient (Wildman–Crippen LogP) is 3.30. The molecular formula is C7H2BrClF3NO4S. The van der Waals surface area contributed by atoms with Gasteiger partial charge >= 0.3 is 11.9 Å². The first-order chi connectivity index (χ1) is 7.96. The van der Waals surface area contributed by atoms with Crippen molar-refractivity contribution >= 4 is 41.4 Å². The zero-order chi connectivity index (χ0) is 14.3. The van der Waals surface area contributed by atoms with E-state index in [9.17, 15) is 31.7 Å². The summed E-state index contributed by atoms with van der Waals surface area (Å²) in [5.41, 5.74) is -2.61. The van der Waals surface area contributed by atoms with Gasteiger partial charge in [-0.25, -0.2) is 8.42 Å². The maximum Gasteiger partial charge on any atom is 0.417 e. The van der Waals surface area contributed by atoms with Gasteiger partial charge in [-0.3, -0.25) is 10.1 Å². The van der Waals surface area contributed by atoms with E-state index < -0.39 is 40.8 Å². The highest BCUT2D eigenvalue weighted by atomic mass is 79.9. The standard InChI is InChI=1S/C7H2BrClF3NO4S/c8-5-3(7(10,11)12)1-2-4(18(9,16)17)6(5)13(14)15/h1-2H. The molecule has 0 radical (unpaired) electrons. The fourth-order valence-corrected chi connectivity index (χ4v) is 2.99. The lowest BCUT2D eigenvalue weighted by Gasteiger charge is -2.10. The summed E-state index contributed by atoms with van der Waals surface area (Å²) >= 11 is 2.38. The number of hydrogen-bond acceptors (Lipinski definition) is 4. The Morgan fingerprint density at radius 3 is 2.17 bits per heavy atom.